The summed E-state index contributed by atoms with van der Waals surface area (Å²) in [5.41, 5.74) is 1.25. The number of aromatic nitrogens is 1. The first-order valence-electron chi connectivity index (χ1n) is 11.9. The molecule has 0 spiro atoms. The minimum absolute atomic E-state index is 0.0464. The Bertz CT molecular complexity index is 1090. The Morgan fingerprint density at radius 2 is 1.88 bits per heavy atom. The number of hydrogen-bond acceptors (Lipinski definition) is 6. The van der Waals surface area contributed by atoms with Crippen LogP contribution in [-0.2, 0) is 11.8 Å². The lowest BCUT2D eigenvalue weighted by atomic mass is 9.94. The molecule has 3 fully saturated rings. The second-order valence-corrected chi connectivity index (χ2v) is 10.8. The van der Waals surface area contributed by atoms with Crippen LogP contribution in [0.2, 0.25) is 0 Å². The van der Waals surface area contributed by atoms with Gasteiger partial charge in [0.25, 0.3) is 11.5 Å². The quantitative estimate of drug-likeness (QED) is 0.517. The zero-order valence-corrected chi connectivity index (χ0v) is 21.3. The van der Waals surface area contributed by atoms with E-state index in [1.54, 1.807) is 16.5 Å². The molecular weight excluding hydrogens is 454 g/mol. The predicted octanol–water partition coefficient (Wildman–Crippen LogP) is 1.82. The average molecular weight is 487 g/mol. The number of thiocarbonyl (C=S) groups is 1. The van der Waals surface area contributed by atoms with Crippen molar-refractivity contribution in [1.29, 1.82) is 5.26 Å². The average Bonchev–Trinajstić information content (AvgIpc) is 3.11. The topological polar surface area (TPSA) is 73.8 Å². The van der Waals surface area contributed by atoms with E-state index in [-0.39, 0.29) is 23.1 Å². The van der Waals surface area contributed by atoms with Crippen LogP contribution in [0.1, 0.15) is 55.7 Å². The lowest BCUT2D eigenvalue weighted by Gasteiger charge is -2.35. The number of carbonyl (C=O) groups excluding carboxylic acids is 1. The van der Waals surface area contributed by atoms with Gasteiger partial charge in [0.05, 0.1) is 37.6 Å². The fraction of sp³-hybridized carbons (Fsp3) is 0.583. The van der Waals surface area contributed by atoms with Crippen LogP contribution < -0.4 is 15.4 Å². The molecule has 176 valence electrons. The highest BCUT2D eigenvalue weighted by atomic mass is 32.2. The summed E-state index contributed by atoms with van der Waals surface area (Å²) in [7, 11) is 1.72. The molecule has 0 aromatic carbocycles. The summed E-state index contributed by atoms with van der Waals surface area (Å²) in [6, 6.07) is 2.26. The molecule has 0 unspecified atom stereocenters. The number of nitrogens with one attached hydrogen (secondary N) is 1. The lowest BCUT2D eigenvalue weighted by Crippen LogP contribution is -3.14. The van der Waals surface area contributed by atoms with Crippen LogP contribution in [0.5, 0.6) is 0 Å². The molecule has 4 rings (SSSR count). The van der Waals surface area contributed by atoms with Crippen LogP contribution in [0.4, 0.5) is 5.82 Å². The van der Waals surface area contributed by atoms with E-state index in [9.17, 15) is 14.9 Å². The molecule has 1 aromatic heterocycles. The zero-order valence-electron chi connectivity index (χ0n) is 19.6. The number of nitriles is 1. The molecule has 0 bridgehead atoms. The van der Waals surface area contributed by atoms with Gasteiger partial charge in [-0.3, -0.25) is 19.1 Å². The number of piperazine rings is 1. The largest absolute Gasteiger partial charge is 0.346 e. The van der Waals surface area contributed by atoms with Gasteiger partial charge in [-0.25, -0.2) is 0 Å². The Hall–Kier alpha value is -2.15. The summed E-state index contributed by atoms with van der Waals surface area (Å²) in [6.07, 6.45) is 7.32. The van der Waals surface area contributed by atoms with E-state index < -0.39 is 0 Å². The maximum Gasteiger partial charge on any atom is 0.270 e. The number of thioether (sulfide) groups is 1. The first-order chi connectivity index (χ1) is 15.9. The number of amides is 1. The highest BCUT2D eigenvalue weighted by Gasteiger charge is 2.38. The van der Waals surface area contributed by atoms with Gasteiger partial charge in [-0.15, -0.1) is 0 Å². The summed E-state index contributed by atoms with van der Waals surface area (Å²) >= 11 is 6.95. The maximum absolute atomic E-state index is 13.4. The van der Waals surface area contributed by atoms with Gasteiger partial charge in [0, 0.05) is 18.7 Å². The van der Waals surface area contributed by atoms with E-state index in [1.807, 2.05) is 13.0 Å². The molecule has 3 aliphatic rings. The summed E-state index contributed by atoms with van der Waals surface area (Å²) in [5.74, 6) is 0.740. The van der Waals surface area contributed by atoms with Crippen molar-refractivity contribution in [3.63, 3.8) is 0 Å². The van der Waals surface area contributed by atoms with Crippen molar-refractivity contribution in [1.82, 2.24) is 9.47 Å². The molecule has 7 nitrogen and oxygen atoms in total. The highest BCUT2D eigenvalue weighted by Crippen LogP contribution is 2.39. The maximum atomic E-state index is 13.4. The van der Waals surface area contributed by atoms with Crippen LogP contribution in [0.25, 0.3) is 6.08 Å². The van der Waals surface area contributed by atoms with Crippen LogP contribution in [0, 0.1) is 18.3 Å². The number of carbonyl (C=O) groups is 1. The molecule has 1 amide bonds. The molecule has 1 saturated carbocycles. The Labute approximate surface area is 205 Å². The lowest BCUT2D eigenvalue weighted by molar-refractivity contribution is -0.898. The van der Waals surface area contributed by atoms with Crippen molar-refractivity contribution in [2.45, 2.75) is 52.0 Å². The van der Waals surface area contributed by atoms with Gasteiger partial charge in [0.2, 0.25) is 0 Å². The summed E-state index contributed by atoms with van der Waals surface area (Å²) in [5, 5.41) is 9.68. The smallest absolute Gasteiger partial charge is 0.270 e. The summed E-state index contributed by atoms with van der Waals surface area (Å²) in [6.45, 7) is 8.71. The molecular formula is C24H32N5O2S2+. The van der Waals surface area contributed by atoms with Crippen molar-refractivity contribution in [2.24, 2.45) is 7.05 Å². The molecule has 3 heterocycles. The highest BCUT2D eigenvalue weighted by molar-refractivity contribution is 8.26. The molecule has 1 aliphatic carbocycles. The number of hydrogen-bond donors (Lipinski definition) is 1. The third kappa shape index (κ3) is 4.48. The normalized spacial score (nSPS) is 21.8. The minimum atomic E-state index is -0.290. The van der Waals surface area contributed by atoms with Gasteiger partial charge in [-0.2, -0.15) is 5.26 Å². The van der Waals surface area contributed by atoms with Crippen molar-refractivity contribution >= 4 is 46.1 Å². The molecule has 9 heteroatoms. The molecule has 1 N–H and O–H groups in total. The predicted molar refractivity (Wildman–Crippen MR) is 136 cm³/mol. The third-order valence-corrected chi connectivity index (χ3v) is 8.61. The Balaban J connectivity index is 1.77. The van der Waals surface area contributed by atoms with Crippen LogP contribution in [0.15, 0.2) is 9.70 Å². The number of likely N-dealkylation sites (N-methyl/N-ethyl adjacent to an activating group) is 1. The van der Waals surface area contributed by atoms with E-state index in [1.165, 1.54) is 23.1 Å². The Morgan fingerprint density at radius 3 is 2.48 bits per heavy atom. The molecule has 0 atom stereocenters. The fourth-order valence-electron chi connectivity index (χ4n) is 5.25. The van der Waals surface area contributed by atoms with Crippen molar-refractivity contribution in [2.75, 3.05) is 37.6 Å². The third-order valence-electron chi connectivity index (χ3n) is 7.28. The van der Waals surface area contributed by atoms with Crippen molar-refractivity contribution < 1.29 is 9.69 Å². The summed E-state index contributed by atoms with van der Waals surface area (Å²) < 4.78 is 2.19. The second kappa shape index (κ2) is 10.00. The number of rotatable bonds is 4. The van der Waals surface area contributed by atoms with E-state index in [0.717, 1.165) is 69.8 Å². The molecule has 0 radical (unpaired) electrons. The number of anilines is 1. The van der Waals surface area contributed by atoms with Crippen LogP contribution >= 0.6 is 24.0 Å². The van der Waals surface area contributed by atoms with Gasteiger partial charge >= 0.3 is 0 Å². The van der Waals surface area contributed by atoms with Crippen molar-refractivity contribution in [3.05, 3.63) is 31.9 Å². The number of pyridine rings is 1. The van der Waals surface area contributed by atoms with Gasteiger partial charge in [-0.1, -0.05) is 43.2 Å². The van der Waals surface area contributed by atoms with E-state index in [2.05, 4.69) is 17.9 Å². The molecule has 2 aliphatic heterocycles. The number of nitrogens with zero attached hydrogens (tertiary/aromatic N) is 4. The second-order valence-electron chi connectivity index (χ2n) is 9.15. The monoisotopic (exact) mass is 486 g/mol. The first-order valence-corrected chi connectivity index (χ1v) is 13.1. The minimum Gasteiger partial charge on any atom is -0.346 e. The molecule has 2 saturated heterocycles. The van der Waals surface area contributed by atoms with E-state index in [4.69, 9.17) is 12.2 Å². The van der Waals surface area contributed by atoms with Crippen LogP contribution in [-0.4, -0.2) is 58.5 Å². The first kappa shape index (κ1) is 24.0. The van der Waals surface area contributed by atoms with Gasteiger partial charge in [0.15, 0.2) is 0 Å². The fourth-order valence-corrected chi connectivity index (χ4v) is 6.63. The van der Waals surface area contributed by atoms with Gasteiger partial charge in [-0.05, 0) is 38.3 Å². The van der Waals surface area contributed by atoms with Crippen molar-refractivity contribution in [3.8, 4) is 6.07 Å². The van der Waals surface area contributed by atoms with E-state index in [0.29, 0.717) is 14.8 Å². The van der Waals surface area contributed by atoms with E-state index >= 15 is 0 Å². The van der Waals surface area contributed by atoms with Gasteiger partial charge in [0.1, 0.15) is 21.8 Å². The summed E-state index contributed by atoms with van der Waals surface area (Å²) in [4.78, 5) is 32.5. The number of quaternary nitrogens is 1. The molecule has 1 aromatic rings. The van der Waals surface area contributed by atoms with Gasteiger partial charge < -0.3 is 9.80 Å². The zero-order chi connectivity index (χ0) is 23.7. The van der Waals surface area contributed by atoms with Crippen LogP contribution in [0.3, 0.4) is 0 Å². The SMILES string of the molecule is CC[NH+]1CCN(c2c(/C=C3\SC(=S)N(C4CCCCC4)C3=O)c(C)c(C#N)c(=O)n2C)CC1. The Kier molecular flexibility index (Phi) is 7.27. The molecule has 33 heavy (non-hydrogen) atoms. The Morgan fingerprint density at radius 1 is 1.21 bits per heavy atom. The standard InChI is InChI=1S/C24H31N5O2S2/c1-4-27-10-12-28(13-11-27)21-18(16(2)19(15-25)22(30)26(21)3)14-20-23(31)29(24(32)33-20)17-8-6-5-7-9-17/h14,17H,4-13H2,1-3H3/p+1/b20-14-.